The lowest BCUT2D eigenvalue weighted by molar-refractivity contribution is 0.0673. The summed E-state index contributed by atoms with van der Waals surface area (Å²) in [6.07, 6.45) is 2.64. The first kappa shape index (κ1) is 16.8. The zero-order valence-electron chi connectivity index (χ0n) is 15.3. The molecule has 1 amide bonds. The van der Waals surface area contributed by atoms with Gasteiger partial charge >= 0.3 is 0 Å². The third kappa shape index (κ3) is 2.90. The van der Waals surface area contributed by atoms with Crippen LogP contribution in [0, 0.1) is 12.8 Å². The Morgan fingerprint density at radius 2 is 2.15 bits per heavy atom. The number of aryl methyl sites for hydroxylation is 2. The Balaban J connectivity index is 1.56. The predicted octanol–water partition coefficient (Wildman–Crippen LogP) is 2.80. The summed E-state index contributed by atoms with van der Waals surface area (Å²) in [6.45, 7) is 3.16. The van der Waals surface area contributed by atoms with Crippen LogP contribution in [0.2, 0.25) is 0 Å². The van der Waals surface area contributed by atoms with Gasteiger partial charge in [-0.1, -0.05) is 23.4 Å². The van der Waals surface area contributed by atoms with E-state index in [0.29, 0.717) is 13.1 Å². The molecule has 0 aliphatic carbocycles. The van der Waals surface area contributed by atoms with E-state index in [1.165, 1.54) is 0 Å². The second-order valence-electron chi connectivity index (χ2n) is 7.05. The van der Waals surface area contributed by atoms with Crippen LogP contribution in [0.5, 0.6) is 0 Å². The van der Waals surface area contributed by atoms with Crippen LogP contribution in [0.3, 0.4) is 0 Å². The van der Waals surface area contributed by atoms with Crippen LogP contribution in [0.15, 0.2) is 41.1 Å². The molecule has 1 saturated heterocycles. The van der Waals surface area contributed by atoms with Gasteiger partial charge in [-0.3, -0.25) is 4.79 Å². The highest BCUT2D eigenvalue weighted by Crippen LogP contribution is 2.28. The monoisotopic (exact) mass is 353 g/mol. The number of carbonyl (C=O) groups excluding carboxylic acids is 1. The van der Waals surface area contributed by atoms with Gasteiger partial charge in [0.15, 0.2) is 0 Å². The quantitative estimate of drug-likeness (QED) is 0.724. The van der Waals surface area contributed by atoms with Gasteiger partial charge < -0.3 is 18.7 Å². The number of hydrogen-bond acceptors (Lipinski definition) is 4. The summed E-state index contributed by atoms with van der Waals surface area (Å²) in [7, 11) is 3.67. The van der Waals surface area contributed by atoms with Crippen molar-refractivity contribution in [3.8, 4) is 0 Å². The lowest BCUT2D eigenvalue weighted by atomic mass is 10.0. The van der Waals surface area contributed by atoms with E-state index in [2.05, 4.69) is 5.16 Å². The molecular formula is C20H23N3O3. The van der Waals surface area contributed by atoms with Crippen molar-refractivity contribution in [2.24, 2.45) is 13.0 Å². The number of aromatic nitrogens is 2. The topological polar surface area (TPSA) is 60.5 Å². The minimum absolute atomic E-state index is 0.000618. The lowest BCUT2D eigenvalue weighted by Crippen LogP contribution is -2.29. The van der Waals surface area contributed by atoms with Gasteiger partial charge in [0.25, 0.3) is 5.91 Å². The van der Waals surface area contributed by atoms with Crippen molar-refractivity contribution in [2.75, 3.05) is 20.2 Å². The van der Waals surface area contributed by atoms with Crippen LogP contribution in [-0.2, 0) is 18.2 Å². The molecule has 1 aliphatic rings. The highest BCUT2D eigenvalue weighted by atomic mass is 16.5. The number of methoxy groups -OCH3 is 1. The van der Waals surface area contributed by atoms with E-state index in [-0.39, 0.29) is 17.9 Å². The number of carbonyl (C=O) groups is 1. The van der Waals surface area contributed by atoms with Crippen molar-refractivity contribution in [1.29, 1.82) is 0 Å². The molecule has 0 spiro atoms. The standard InChI is InChI=1S/C20H23N3O3/c1-13-8-15(26-21-13)9-14-10-23(12-19(14)25-3)20(24)17-11-22(2)18-7-5-4-6-16(17)18/h4-8,11,14,19H,9-10,12H2,1-3H3/t14-,19+/m1/s1. The summed E-state index contributed by atoms with van der Waals surface area (Å²) < 4.78 is 13.0. The number of amides is 1. The number of ether oxygens (including phenoxy) is 1. The number of nitrogens with zero attached hydrogens (tertiary/aromatic N) is 3. The Hall–Kier alpha value is -2.60. The molecule has 6 heteroatoms. The molecule has 4 rings (SSSR count). The van der Waals surface area contributed by atoms with Crippen LogP contribution in [0.1, 0.15) is 21.8 Å². The first-order valence-electron chi connectivity index (χ1n) is 8.85. The van der Waals surface area contributed by atoms with Crippen LogP contribution in [0.4, 0.5) is 0 Å². The highest BCUT2D eigenvalue weighted by Gasteiger charge is 2.37. The Morgan fingerprint density at radius 1 is 1.35 bits per heavy atom. The third-order valence-corrected chi connectivity index (χ3v) is 5.24. The Labute approximate surface area is 152 Å². The smallest absolute Gasteiger partial charge is 0.256 e. The Bertz CT molecular complexity index is 943. The largest absolute Gasteiger partial charge is 0.379 e. The second kappa shape index (κ2) is 6.61. The van der Waals surface area contributed by atoms with Gasteiger partial charge in [-0.05, 0) is 13.0 Å². The van der Waals surface area contributed by atoms with Crippen molar-refractivity contribution < 1.29 is 14.1 Å². The fourth-order valence-electron chi connectivity index (χ4n) is 3.92. The summed E-state index contributed by atoms with van der Waals surface area (Å²) in [6, 6.07) is 9.94. The van der Waals surface area contributed by atoms with Gasteiger partial charge in [0.1, 0.15) is 5.76 Å². The molecule has 3 heterocycles. The van der Waals surface area contributed by atoms with E-state index in [1.807, 2.05) is 60.0 Å². The zero-order valence-corrected chi connectivity index (χ0v) is 15.3. The number of para-hydroxylation sites is 1. The molecule has 2 atom stereocenters. The van der Waals surface area contributed by atoms with Gasteiger partial charge in [-0.2, -0.15) is 0 Å². The van der Waals surface area contributed by atoms with Crippen molar-refractivity contribution in [2.45, 2.75) is 19.4 Å². The van der Waals surface area contributed by atoms with Gasteiger partial charge in [0.2, 0.25) is 0 Å². The minimum Gasteiger partial charge on any atom is -0.379 e. The minimum atomic E-state index is -0.000618. The van der Waals surface area contributed by atoms with Crippen LogP contribution in [0.25, 0.3) is 10.9 Å². The van der Waals surface area contributed by atoms with Gasteiger partial charge in [0, 0.05) is 62.8 Å². The zero-order chi connectivity index (χ0) is 18.3. The molecule has 6 nitrogen and oxygen atoms in total. The van der Waals surface area contributed by atoms with E-state index in [9.17, 15) is 4.79 Å². The van der Waals surface area contributed by atoms with Crippen LogP contribution in [-0.4, -0.2) is 46.8 Å². The maximum absolute atomic E-state index is 13.2. The van der Waals surface area contributed by atoms with E-state index in [1.54, 1.807) is 7.11 Å². The lowest BCUT2D eigenvalue weighted by Gasteiger charge is -2.15. The molecule has 0 unspecified atom stereocenters. The summed E-state index contributed by atoms with van der Waals surface area (Å²) in [5.74, 6) is 1.10. The number of rotatable bonds is 4. The number of hydrogen-bond donors (Lipinski definition) is 0. The predicted molar refractivity (Wildman–Crippen MR) is 98.1 cm³/mol. The summed E-state index contributed by atoms with van der Waals surface area (Å²) in [5, 5.41) is 4.94. The average molecular weight is 353 g/mol. The molecule has 1 fully saturated rings. The van der Waals surface area contributed by atoms with Crippen molar-refractivity contribution >= 4 is 16.8 Å². The first-order chi connectivity index (χ1) is 12.6. The highest BCUT2D eigenvalue weighted by molar-refractivity contribution is 6.07. The van der Waals surface area contributed by atoms with Gasteiger partial charge in [-0.25, -0.2) is 0 Å². The third-order valence-electron chi connectivity index (χ3n) is 5.24. The number of fused-ring (bicyclic) bond motifs is 1. The summed E-state index contributed by atoms with van der Waals surface area (Å²) in [4.78, 5) is 15.1. The number of benzene rings is 1. The first-order valence-corrected chi connectivity index (χ1v) is 8.85. The Morgan fingerprint density at radius 3 is 2.88 bits per heavy atom. The fourth-order valence-corrected chi connectivity index (χ4v) is 3.92. The molecule has 26 heavy (non-hydrogen) atoms. The molecule has 1 aromatic carbocycles. The normalized spacial score (nSPS) is 20.2. The molecule has 1 aliphatic heterocycles. The SMILES string of the molecule is CO[C@H]1CN(C(=O)c2cn(C)c3ccccc23)C[C@H]1Cc1cc(C)no1. The molecule has 0 saturated carbocycles. The van der Waals surface area contributed by atoms with Gasteiger partial charge in [-0.15, -0.1) is 0 Å². The molecule has 0 N–H and O–H groups in total. The van der Waals surface area contributed by atoms with Crippen LogP contribution >= 0.6 is 0 Å². The molecule has 0 radical (unpaired) electrons. The maximum Gasteiger partial charge on any atom is 0.256 e. The van der Waals surface area contributed by atoms with E-state index < -0.39 is 0 Å². The molecule has 0 bridgehead atoms. The number of likely N-dealkylation sites (tertiary alicyclic amines) is 1. The van der Waals surface area contributed by atoms with Crippen LogP contribution < -0.4 is 0 Å². The summed E-state index contributed by atoms with van der Waals surface area (Å²) in [5.41, 5.74) is 2.68. The second-order valence-corrected chi connectivity index (χ2v) is 7.05. The molecule has 136 valence electrons. The average Bonchev–Trinajstić information content (AvgIpc) is 3.33. The fraction of sp³-hybridized carbons (Fsp3) is 0.400. The summed E-state index contributed by atoms with van der Waals surface area (Å²) >= 11 is 0. The van der Waals surface area contributed by atoms with Crippen molar-refractivity contribution in [3.05, 3.63) is 53.5 Å². The van der Waals surface area contributed by atoms with Gasteiger partial charge in [0.05, 0.1) is 17.4 Å². The molecular weight excluding hydrogens is 330 g/mol. The Kier molecular flexibility index (Phi) is 4.28. The van der Waals surface area contributed by atoms with Crippen molar-refractivity contribution in [3.63, 3.8) is 0 Å². The molecule has 3 aromatic rings. The maximum atomic E-state index is 13.2. The van der Waals surface area contributed by atoms with E-state index in [4.69, 9.17) is 9.26 Å². The van der Waals surface area contributed by atoms with Crippen molar-refractivity contribution in [1.82, 2.24) is 14.6 Å². The van der Waals surface area contributed by atoms with E-state index in [0.717, 1.165) is 34.3 Å². The van der Waals surface area contributed by atoms with E-state index >= 15 is 0 Å². The molecule has 2 aromatic heterocycles.